The van der Waals surface area contributed by atoms with Crippen LogP contribution in [0.15, 0.2) is 12.4 Å². The smallest absolute Gasteiger partial charge is 0.234 e. The Kier molecular flexibility index (Phi) is 5.48. The monoisotopic (exact) mass is 305 g/mol. The number of aliphatic hydroxyl groups excluding tert-OH is 1. The van der Waals surface area contributed by atoms with Crippen molar-refractivity contribution in [2.45, 2.75) is 57.4 Å². The molecule has 5 nitrogen and oxygen atoms in total. The van der Waals surface area contributed by atoms with Crippen LogP contribution in [0.4, 0.5) is 5.82 Å². The van der Waals surface area contributed by atoms with Crippen molar-refractivity contribution in [1.82, 2.24) is 9.97 Å². The van der Waals surface area contributed by atoms with Crippen molar-refractivity contribution in [1.29, 1.82) is 0 Å². The number of anilines is 1. The maximum absolute atomic E-state index is 9.15. The Morgan fingerprint density at radius 1 is 1.14 bits per heavy atom. The Labute approximate surface area is 132 Å². The molecule has 2 N–H and O–H groups in total. The van der Waals surface area contributed by atoms with Gasteiger partial charge in [0.15, 0.2) is 0 Å². The topological polar surface area (TPSA) is 67.3 Å². The zero-order chi connectivity index (χ0) is 15.2. The number of ether oxygens (including phenoxy) is 1. The van der Waals surface area contributed by atoms with E-state index in [1.165, 1.54) is 38.5 Å². The lowest BCUT2D eigenvalue weighted by atomic mass is 10.0. The number of nitrogens with zero attached hydrogens (tertiary/aromatic N) is 2. The van der Waals surface area contributed by atoms with E-state index in [9.17, 15) is 0 Å². The van der Waals surface area contributed by atoms with Crippen LogP contribution in [0.5, 0.6) is 5.88 Å². The summed E-state index contributed by atoms with van der Waals surface area (Å²) in [5.74, 6) is 2.63. The zero-order valence-corrected chi connectivity index (χ0v) is 13.2. The van der Waals surface area contributed by atoms with Gasteiger partial charge in [0, 0.05) is 12.6 Å². The maximum Gasteiger partial charge on any atom is 0.234 e. The predicted octanol–water partition coefficient (Wildman–Crippen LogP) is 3.01. The van der Waals surface area contributed by atoms with Gasteiger partial charge in [0.25, 0.3) is 0 Å². The predicted molar refractivity (Wildman–Crippen MR) is 85.9 cm³/mol. The number of rotatable bonds is 7. The highest BCUT2D eigenvalue weighted by Gasteiger charge is 2.27. The second-order valence-corrected chi connectivity index (χ2v) is 6.66. The standard InChI is InChI=1S/C17H27N3O2/c21-9-8-14-6-3-7-15(14)19-16-10-18-11-17(20-16)22-12-13-4-1-2-5-13/h10-11,13-15,21H,1-9,12H2,(H,19,20). The first-order valence-corrected chi connectivity index (χ1v) is 8.67. The fourth-order valence-corrected chi connectivity index (χ4v) is 3.80. The molecule has 0 radical (unpaired) electrons. The number of hydrogen-bond donors (Lipinski definition) is 2. The molecule has 0 bridgehead atoms. The fraction of sp³-hybridized carbons (Fsp3) is 0.765. The average molecular weight is 305 g/mol. The molecule has 2 saturated carbocycles. The SMILES string of the molecule is OCCC1CCCC1Nc1cncc(OCC2CCCC2)n1. The van der Waals surface area contributed by atoms with Gasteiger partial charge in [-0.1, -0.05) is 19.3 Å². The molecule has 0 aromatic carbocycles. The molecule has 0 spiro atoms. The lowest BCUT2D eigenvalue weighted by Crippen LogP contribution is -2.25. The van der Waals surface area contributed by atoms with Crippen molar-refractivity contribution in [3.05, 3.63) is 12.4 Å². The van der Waals surface area contributed by atoms with E-state index in [1.54, 1.807) is 12.4 Å². The van der Waals surface area contributed by atoms with E-state index in [0.29, 0.717) is 23.8 Å². The third-order valence-corrected chi connectivity index (χ3v) is 5.05. The van der Waals surface area contributed by atoms with E-state index >= 15 is 0 Å². The Balaban J connectivity index is 1.54. The van der Waals surface area contributed by atoms with Gasteiger partial charge in [-0.05, 0) is 43.9 Å². The number of nitrogens with one attached hydrogen (secondary N) is 1. The summed E-state index contributed by atoms with van der Waals surface area (Å²) in [6.07, 6.45) is 13.1. The van der Waals surface area contributed by atoms with Crippen LogP contribution >= 0.6 is 0 Å². The van der Waals surface area contributed by atoms with Gasteiger partial charge < -0.3 is 15.2 Å². The number of hydrogen-bond acceptors (Lipinski definition) is 5. The third kappa shape index (κ3) is 4.09. The van der Waals surface area contributed by atoms with Crippen LogP contribution in [0.2, 0.25) is 0 Å². The second-order valence-electron chi connectivity index (χ2n) is 6.66. The van der Waals surface area contributed by atoms with Gasteiger partial charge in [-0.25, -0.2) is 0 Å². The number of aliphatic hydroxyl groups is 1. The van der Waals surface area contributed by atoms with Gasteiger partial charge in [-0.15, -0.1) is 0 Å². The summed E-state index contributed by atoms with van der Waals surface area (Å²) in [7, 11) is 0. The normalized spacial score (nSPS) is 25.5. The van der Waals surface area contributed by atoms with Crippen molar-refractivity contribution >= 4 is 5.82 Å². The summed E-state index contributed by atoms with van der Waals surface area (Å²) < 4.78 is 5.82. The summed E-state index contributed by atoms with van der Waals surface area (Å²) in [6, 6.07) is 0.395. The minimum atomic E-state index is 0.263. The highest BCUT2D eigenvalue weighted by Crippen LogP contribution is 2.30. The first-order valence-electron chi connectivity index (χ1n) is 8.67. The summed E-state index contributed by atoms with van der Waals surface area (Å²) >= 11 is 0. The fourth-order valence-electron chi connectivity index (χ4n) is 3.80. The van der Waals surface area contributed by atoms with Crippen LogP contribution in [0.1, 0.15) is 51.4 Å². The quantitative estimate of drug-likeness (QED) is 0.810. The van der Waals surface area contributed by atoms with Crippen LogP contribution in [-0.2, 0) is 0 Å². The first kappa shape index (κ1) is 15.5. The Morgan fingerprint density at radius 3 is 2.82 bits per heavy atom. The van der Waals surface area contributed by atoms with E-state index in [4.69, 9.17) is 9.84 Å². The molecular formula is C17H27N3O2. The van der Waals surface area contributed by atoms with E-state index in [0.717, 1.165) is 25.3 Å². The van der Waals surface area contributed by atoms with E-state index < -0.39 is 0 Å². The van der Waals surface area contributed by atoms with Crippen LogP contribution in [0.25, 0.3) is 0 Å². The molecule has 1 aromatic rings. The molecule has 1 aromatic heterocycles. The van der Waals surface area contributed by atoms with Crippen LogP contribution < -0.4 is 10.1 Å². The molecule has 2 fully saturated rings. The van der Waals surface area contributed by atoms with Crippen molar-refractivity contribution < 1.29 is 9.84 Å². The van der Waals surface area contributed by atoms with Crippen LogP contribution in [-0.4, -0.2) is 34.3 Å². The average Bonchev–Trinajstić information content (AvgIpc) is 3.19. The van der Waals surface area contributed by atoms with Crippen molar-refractivity contribution in [3.63, 3.8) is 0 Å². The summed E-state index contributed by atoms with van der Waals surface area (Å²) in [6.45, 7) is 1.02. The first-order chi connectivity index (χ1) is 10.8. The van der Waals surface area contributed by atoms with Crippen molar-refractivity contribution in [3.8, 4) is 5.88 Å². The van der Waals surface area contributed by atoms with Gasteiger partial charge in [-0.3, -0.25) is 4.98 Å². The molecule has 0 amide bonds. The Morgan fingerprint density at radius 2 is 2.00 bits per heavy atom. The molecule has 122 valence electrons. The van der Waals surface area contributed by atoms with E-state index in [-0.39, 0.29) is 6.61 Å². The Hall–Kier alpha value is -1.36. The summed E-state index contributed by atoms with van der Waals surface area (Å²) in [5, 5.41) is 12.6. The highest BCUT2D eigenvalue weighted by molar-refractivity contribution is 5.35. The molecule has 2 aliphatic carbocycles. The molecule has 5 heteroatoms. The largest absolute Gasteiger partial charge is 0.476 e. The molecule has 2 atom stereocenters. The van der Waals surface area contributed by atoms with Crippen LogP contribution in [0.3, 0.4) is 0 Å². The minimum absolute atomic E-state index is 0.263. The zero-order valence-electron chi connectivity index (χ0n) is 13.2. The van der Waals surface area contributed by atoms with Gasteiger partial charge in [-0.2, -0.15) is 4.98 Å². The molecule has 2 aliphatic rings. The maximum atomic E-state index is 9.15. The molecule has 0 saturated heterocycles. The minimum Gasteiger partial charge on any atom is -0.476 e. The van der Waals surface area contributed by atoms with E-state index in [2.05, 4.69) is 15.3 Å². The highest BCUT2D eigenvalue weighted by atomic mass is 16.5. The molecule has 22 heavy (non-hydrogen) atoms. The molecule has 2 unspecified atom stereocenters. The van der Waals surface area contributed by atoms with Gasteiger partial charge >= 0.3 is 0 Å². The third-order valence-electron chi connectivity index (χ3n) is 5.05. The number of aromatic nitrogens is 2. The van der Waals surface area contributed by atoms with Crippen molar-refractivity contribution in [2.75, 3.05) is 18.5 Å². The summed E-state index contributed by atoms with van der Waals surface area (Å²) in [4.78, 5) is 8.78. The van der Waals surface area contributed by atoms with E-state index in [1.807, 2.05) is 0 Å². The lowest BCUT2D eigenvalue weighted by molar-refractivity contribution is 0.242. The van der Waals surface area contributed by atoms with Gasteiger partial charge in [0.2, 0.25) is 5.88 Å². The molecule has 1 heterocycles. The molecule has 0 aliphatic heterocycles. The second kappa shape index (κ2) is 7.77. The van der Waals surface area contributed by atoms with Gasteiger partial charge in [0.1, 0.15) is 5.82 Å². The Bertz CT molecular complexity index is 463. The molecular weight excluding hydrogens is 278 g/mol. The summed E-state index contributed by atoms with van der Waals surface area (Å²) in [5.41, 5.74) is 0. The molecule has 3 rings (SSSR count). The van der Waals surface area contributed by atoms with Crippen LogP contribution in [0, 0.1) is 11.8 Å². The van der Waals surface area contributed by atoms with Gasteiger partial charge in [0.05, 0.1) is 19.0 Å². The van der Waals surface area contributed by atoms with Crippen molar-refractivity contribution in [2.24, 2.45) is 11.8 Å². The lowest BCUT2D eigenvalue weighted by Gasteiger charge is -2.21.